The first kappa shape index (κ1) is 14.2. The second-order valence-electron chi connectivity index (χ2n) is 3.75. The lowest BCUT2D eigenvalue weighted by atomic mass is 10.4. The van der Waals surface area contributed by atoms with Crippen molar-refractivity contribution in [2.45, 2.75) is 31.8 Å². The molecule has 0 saturated heterocycles. The Hall–Kier alpha value is -0.910. The number of benzene rings is 1. The van der Waals surface area contributed by atoms with Crippen LogP contribution in [0.15, 0.2) is 29.2 Å². The van der Waals surface area contributed by atoms with Gasteiger partial charge in [-0.1, -0.05) is 26.0 Å². The molecule has 1 unspecified atom stereocenters. The van der Waals surface area contributed by atoms with Crippen molar-refractivity contribution in [1.29, 1.82) is 0 Å². The third-order valence-electron chi connectivity index (χ3n) is 2.68. The molecule has 0 heterocycles. The summed E-state index contributed by atoms with van der Waals surface area (Å²) in [7, 11) is -3.44. The topological polar surface area (TPSA) is 49.4 Å². The Kier molecular flexibility index (Phi) is 5.11. The highest BCUT2D eigenvalue weighted by atomic mass is 32.2. The molecule has 1 rings (SSSR count). The van der Waals surface area contributed by atoms with Crippen molar-refractivity contribution < 1.29 is 8.42 Å². The van der Waals surface area contributed by atoms with E-state index in [0.29, 0.717) is 0 Å². The molecule has 0 aromatic heterocycles. The fourth-order valence-corrected chi connectivity index (χ4v) is 2.92. The van der Waals surface area contributed by atoms with E-state index in [1.54, 1.807) is 12.1 Å². The van der Waals surface area contributed by atoms with Gasteiger partial charge in [0.15, 0.2) is 0 Å². The number of rotatable bonds is 6. The standard InChI is InChI=1S/C12H19N2O2S/c1-4-14(5-2)11(3)13-17(15,16)12-9-7-6-8-10-12/h7-11,13H,4-5H2,1-3H3. The van der Waals surface area contributed by atoms with Crippen molar-refractivity contribution in [2.24, 2.45) is 0 Å². The van der Waals surface area contributed by atoms with E-state index in [1.807, 2.05) is 25.7 Å². The number of nitrogens with one attached hydrogen (secondary N) is 1. The van der Waals surface area contributed by atoms with Crippen LogP contribution in [0, 0.1) is 6.07 Å². The smallest absolute Gasteiger partial charge is 0.241 e. The molecular weight excluding hydrogens is 236 g/mol. The van der Waals surface area contributed by atoms with Crippen molar-refractivity contribution in [3.8, 4) is 0 Å². The zero-order valence-electron chi connectivity index (χ0n) is 10.5. The Bertz CT molecular complexity index is 427. The average Bonchev–Trinajstić information content (AvgIpc) is 2.31. The van der Waals surface area contributed by atoms with Crippen LogP contribution in [0.2, 0.25) is 0 Å². The summed E-state index contributed by atoms with van der Waals surface area (Å²) in [5.41, 5.74) is 0. The first-order chi connectivity index (χ1) is 8.01. The van der Waals surface area contributed by atoms with Gasteiger partial charge in [-0.25, -0.2) is 8.42 Å². The fourth-order valence-electron chi connectivity index (χ4n) is 1.69. The van der Waals surface area contributed by atoms with E-state index in [1.165, 1.54) is 12.1 Å². The zero-order valence-corrected chi connectivity index (χ0v) is 11.3. The predicted molar refractivity (Wildman–Crippen MR) is 68.0 cm³/mol. The van der Waals surface area contributed by atoms with Crippen molar-refractivity contribution in [3.05, 3.63) is 30.3 Å². The van der Waals surface area contributed by atoms with Crippen LogP contribution in [0.4, 0.5) is 0 Å². The van der Waals surface area contributed by atoms with Crippen LogP contribution >= 0.6 is 0 Å². The highest BCUT2D eigenvalue weighted by Gasteiger charge is 2.19. The third-order valence-corrected chi connectivity index (χ3v) is 4.23. The summed E-state index contributed by atoms with van der Waals surface area (Å²) in [6, 6.07) is 9.07. The third kappa shape index (κ3) is 3.80. The number of nitrogens with zero attached hydrogens (tertiary/aromatic N) is 1. The highest BCUT2D eigenvalue weighted by Crippen LogP contribution is 2.08. The van der Waals surface area contributed by atoms with E-state index in [-0.39, 0.29) is 11.1 Å². The van der Waals surface area contributed by atoms with E-state index in [2.05, 4.69) is 10.8 Å². The van der Waals surface area contributed by atoms with E-state index in [9.17, 15) is 8.42 Å². The van der Waals surface area contributed by atoms with Gasteiger partial charge in [0.2, 0.25) is 10.0 Å². The fraction of sp³-hybridized carbons (Fsp3) is 0.500. The largest absolute Gasteiger partial charge is 0.288 e. The van der Waals surface area contributed by atoms with Crippen LogP contribution in [-0.4, -0.2) is 32.6 Å². The molecule has 1 atom stereocenters. The average molecular weight is 255 g/mol. The van der Waals surface area contributed by atoms with Gasteiger partial charge in [0.1, 0.15) is 0 Å². The van der Waals surface area contributed by atoms with Gasteiger partial charge in [0.05, 0.1) is 11.1 Å². The molecule has 1 aromatic rings. The summed E-state index contributed by atoms with van der Waals surface area (Å²) in [4.78, 5) is 2.31. The van der Waals surface area contributed by atoms with Gasteiger partial charge in [-0.3, -0.25) is 4.90 Å². The Morgan fingerprint density at radius 2 is 1.82 bits per heavy atom. The molecule has 0 fully saturated rings. The normalized spacial score (nSPS) is 13.9. The van der Waals surface area contributed by atoms with Crippen molar-refractivity contribution in [2.75, 3.05) is 13.1 Å². The van der Waals surface area contributed by atoms with Gasteiger partial charge in [0, 0.05) is 0 Å². The molecular formula is C12H19N2O2S. The van der Waals surface area contributed by atoms with Crippen molar-refractivity contribution in [3.63, 3.8) is 0 Å². The van der Waals surface area contributed by atoms with Gasteiger partial charge >= 0.3 is 0 Å². The molecule has 0 aliphatic rings. The molecule has 17 heavy (non-hydrogen) atoms. The van der Waals surface area contributed by atoms with Crippen LogP contribution in [0.1, 0.15) is 20.8 Å². The molecule has 5 heteroatoms. The molecule has 0 aliphatic carbocycles. The van der Waals surface area contributed by atoms with Gasteiger partial charge in [-0.15, -0.1) is 0 Å². The first-order valence-corrected chi connectivity index (χ1v) is 7.22. The number of hydrogen-bond donors (Lipinski definition) is 1. The van der Waals surface area contributed by atoms with Crippen LogP contribution in [0.3, 0.4) is 0 Å². The summed E-state index contributed by atoms with van der Waals surface area (Å²) in [5.74, 6) is 0. The Balaban J connectivity index is 2.81. The van der Waals surface area contributed by atoms with Gasteiger partial charge in [-0.2, -0.15) is 4.72 Å². The van der Waals surface area contributed by atoms with E-state index >= 15 is 0 Å². The minimum absolute atomic E-state index is 0.209. The minimum Gasteiger partial charge on any atom is -0.288 e. The maximum absolute atomic E-state index is 12.0. The lowest BCUT2D eigenvalue weighted by molar-refractivity contribution is 0.220. The summed E-state index contributed by atoms with van der Waals surface area (Å²) < 4.78 is 26.7. The summed E-state index contributed by atoms with van der Waals surface area (Å²) in [6.07, 6.45) is -0.209. The summed E-state index contributed by atoms with van der Waals surface area (Å²) in [5, 5.41) is 0. The SMILES string of the molecule is CCN(CC)C(C)NS(=O)(=O)c1cc[c]cc1. The molecule has 95 valence electrons. The van der Waals surface area contributed by atoms with E-state index in [4.69, 9.17) is 0 Å². The maximum Gasteiger partial charge on any atom is 0.241 e. The van der Waals surface area contributed by atoms with Crippen LogP contribution < -0.4 is 4.72 Å². The van der Waals surface area contributed by atoms with E-state index in [0.717, 1.165) is 13.1 Å². The maximum atomic E-state index is 12.0. The van der Waals surface area contributed by atoms with Gasteiger partial charge in [0.25, 0.3) is 0 Å². The van der Waals surface area contributed by atoms with Crippen LogP contribution in [-0.2, 0) is 10.0 Å². The van der Waals surface area contributed by atoms with Crippen molar-refractivity contribution in [1.82, 2.24) is 9.62 Å². The Morgan fingerprint density at radius 1 is 1.29 bits per heavy atom. The Morgan fingerprint density at radius 3 is 2.29 bits per heavy atom. The van der Waals surface area contributed by atoms with Crippen LogP contribution in [0.5, 0.6) is 0 Å². The highest BCUT2D eigenvalue weighted by molar-refractivity contribution is 7.89. The second-order valence-corrected chi connectivity index (χ2v) is 5.47. The van der Waals surface area contributed by atoms with E-state index < -0.39 is 10.0 Å². The van der Waals surface area contributed by atoms with Gasteiger partial charge < -0.3 is 0 Å². The second kappa shape index (κ2) is 6.14. The molecule has 1 aromatic carbocycles. The lowest BCUT2D eigenvalue weighted by Crippen LogP contribution is -2.45. The molecule has 1 N–H and O–H groups in total. The van der Waals surface area contributed by atoms with Crippen molar-refractivity contribution >= 4 is 10.0 Å². The quantitative estimate of drug-likeness (QED) is 0.783. The molecule has 1 radical (unpaired) electrons. The lowest BCUT2D eigenvalue weighted by Gasteiger charge is -2.26. The molecule has 4 nitrogen and oxygen atoms in total. The zero-order chi connectivity index (χ0) is 12.9. The molecule has 0 amide bonds. The Labute approximate surface area is 104 Å². The monoisotopic (exact) mass is 255 g/mol. The molecule has 0 aliphatic heterocycles. The first-order valence-electron chi connectivity index (χ1n) is 5.73. The minimum atomic E-state index is -3.44. The summed E-state index contributed by atoms with van der Waals surface area (Å²) >= 11 is 0. The molecule has 0 spiro atoms. The molecule has 0 saturated carbocycles. The van der Waals surface area contributed by atoms with Crippen LogP contribution in [0.25, 0.3) is 0 Å². The number of hydrogen-bond acceptors (Lipinski definition) is 3. The van der Waals surface area contributed by atoms with Gasteiger partial charge in [-0.05, 0) is 38.2 Å². The summed E-state index contributed by atoms with van der Waals surface area (Å²) in [6.45, 7) is 7.47. The predicted octanol–water partition coefficient (Wildman–Crippen LogP) is 1.45. The molecule has 0 bridgehead atoms. The number of sulfonamides is 1.